The quantitative estimate of drug-likeness (QED) is 0.227. The van der Waals surface area contributed by atoms with E-state index in [1.54, 1.807) is 12.1 Å². The van der Waals surface area contributed by atoms with Gasteiger partial charge in [-0.1, -0.05) is 85.4 Å². The van der Waals surface area contributed by atoms with E-state index >= 15 is 0 Å². The van der Waals surface area contributed by atoms with E-state index in [1.165, 1.54) is 34.4 Å². The van der Waals surface area contributed by atoms with E-state index < -0.39 is 0 Å². The van der Waals surface area contributed by atoms with Crippen LogP contribution in [0.1, 0.15) is 43.4 Å². The molecule has 2 aromatic carbocycles. The number of allylic oxidation sites excluding steroid dienone is 8. The monoisotopic (exact) mass is 496 g/mol. The Morgan fingerprint density at radius 3 is 2.41 bits per heavy atom. The van der Waals surface area contributed by atoms with Gasteiger partial charge in [-0.15, -0.1) is 0 Å². The van der Waals surface area contributed by atoms with Gasteiger partial charge in [-0.25, -0.2) is 4.39 Å². The number of halogens is 1. The molecule has 0 radical (unpaired) electrons. The van der Waals surface area contributed by atoms with Crippen LogP contribution in [-0.4, -0.2) is 13.1 Å². The van der Waals surface area contributed by atoms with Crippen molar-refractivity contribution in [2.24, 2.45) is 5.41 Å². The first-order chi connectivity index (χ1) is 17.8. The van der Waals surface area contributed by atoms with Crippen molar-refractivity contribution in [2.75, 3.05) is 18.4 Å². The molecule has 2 nitrogen and oxygen atoms in total. The van der Waals surface area contributed by atoms with Crippen LogP contribution in [0.4, 0.5) is 10.1 Å². The van der Waals surface area contributed by atoms with E-state index in [0.29, 0.717) is 0 Å². The molecular formula is C34H41FN2. The lowest BCUT2D eigenvalue weighted by Crippen LogP contribution is -2.33. The standard InChI is InChI=1S/C34H41FN2/c1-7-9-10-11-27(5)28(6)34(24-29-21-25(3)20-26(4)22-29)18-16-33(23-30(34)17-19-36-8-2)37-32-14-12-31(35)13-15-32/h7,9-16,20-23,36-37H,5-6,8,17-19,24H2,1-4H3/b9-7-,11-10-. The highest BCUT2D eigenvalue weighted by Crippen LogP contribution is 2.49. The normalized spacial score (nSPS) is 17.6. The molecule has 1 aliphatic carbocycles. The van der Waals surface area contributed by atoms with Crippen LogP contribution in [0.15, 0.2) is 114 Å². The number of hydrogen-bond acceptors (Lipinski definition) is 2. The number of aryl methyl sites for hydroxylation is 2. The highest BCUT2D eigenvalue weighted by Gasteiger charge is 2.39. The first kappa shape index (κ1) is 28.1. The molecule has 2 N–H and O–H groups in total. The fourth-order valence-electron chi connectivity index (χ4n) is 5.12. The molecule has 0 spiro atoms. The van der Waals surface area contributed by atoms with E-state index in [9.17, 15) is 4.39 Å². The minimum Gasteiger partial charge on any atom is -0.356 e. The van der Waals surface area contributed by atoms with Crippen LogP contribution < -0.4 is 10.6 Å². The Labute approximate surface area is 223 Å². The summed E-state index contributed by atoms with van der Waals surface area (Å²) in [6, 6.07) is 13.3. The third-order valence-corrected chi connectivity index (χ3v) is 6.92. The van der Waals surface area contributed by atoms with Gasteiger partial charge in [0.05, 0.1) is 0 Å². The Morgan fingerprint density at radius 1 is 1.05 bits per heavy atom. The van der Waals surface area contributed by atoms with Gasteiger partial charge in [-0.2, -0.15) is 0 Å². The molecule has 3 rings (SSSR count). The highest BCUT2D eigenvalue weighted by molar-refractivity contribution is 5.56. The van der Waals surface area contributed by atoms with Crippen LogP contribution in [-0.2, 0) is 6.42 Å². The van der Waals surface area contributed by atoms with Crippen LogP contribution in [0.2, 0.25) is 0 Å². The molecule has 0 heterocycles. The molecule has 194 valence electrons. The molecule has 1 unspecified atom stereocenters. The zero-order valence-electron chi connectivity index (χ0n) is 22.8. The predicted molar refractivity (Wildman–Crippen MR) is 158 cm³/mol. The zero-order valence-corrected chi connectivity index (χ0v) is 22.8. The molecule has 2 aromatic rings. The Kier molecular flexibility index (Phi) is 10.0. The van der Waals surface area contributed by atoms with Crippen LogP contribution in [0.3, 0.4) is 0 Å². The van der Waals surface area contributed by atoms with Gasteiger partial charge in [0.1, 0.15) is 5.82 Å². The van der Waals surface area contributed by atoms with Gasteiger partial charge in [-0.05, 0) is 100 Å². The summed E-state index contributed by atoms with van der Waals surface area (Å²) >= 11 is 0. The molecule has 3 heteroatoms. The molecular weight excluding hydrogens is 455 g/mol. The van der Waals surface area contributed by atoms with Crippen molar-refractivity contribution in [1.29, 1.82) is 0 Å². The van der Waals surface area contributed by atoms with Gasteiger partial charge in [0, 0.05) is 16.8 Å². The summed E-state index contributed by atoms with van der Waals surface area (Å²) in [6.07, 6.45) is 15.2. The van der Waals surface area contributed by atoms with Crippen molar-refractivity contribution in [3.8, 4) is 0 Å². The molecule has 0 aromatic heterocycles. The third-order valence-electron chi connectivity index (χ3n) is 6.92. The fourth-order valence-corrected chi connectivity index (χ4v) is 5.12. The summed E-state index contributed by atoms with van der Waals surface area (Å²) in [5, 5.41) is 6.98. The van der Waals surface area contributed by atoms with Gasteiger partial charge in [-0.3, -0.25) is 0 Å². The number of hydrogen-bond donors (Lipinski definition) is 2. The Balaban J connectivity index is 2.05. The molecule has 37 heavy (non-hydrogen) atoms. The van der Waals surface area contributed by atoms with Gasteiger partial charge in [0.2, 0.25) is 0 Å². The second-order valence-corrected chi connectivity index (χ2v) is 9.91. The lowest BCUT2D eigenvalue weighted by Gasteiger charge is -2.41. The Hall–Kier alpha value is -3.43. The smallest absolute Gasteiger partial charge is 0.123 e. The Bertz CT molecular complexity index is 1210. The number of nitrogens with one attached hydrogen (secondary N) is 2. The van der Waals surface area contributed by atoms with Crippen molar-refractivity contribution >= 4 is 5.69 Å². The third kappa shape index (κ3) is 7.53. The SMILES string of the molecule is C=C(/C=C\C=C/C)C(=C)C1(Cc2cc(C)cc(C)c2)CC=C(Nc2ccc(F)cc2)C=C1CCNCC. The molecule has 0 fully saturated rings. The number of benzene rings is 2. The minimum atomic E-state index is -0.291. The van der Waals surface area contributed by atoms with Gasteiger partial charge < -0.3 is 10.6 Å². The average Bonchev–Trinajstić information content (AvgIpc) is 2.86. The molecule has 0 saturated carbocycles. The summed E-state index contributed by atoms with van der Waals surface area (Å²) in [5.41, 5.74) is 8.77. The van der Waals surface area contributed by atoms with Crippen molar-refractivity contribution in [3.63, 3.8) is 0 Å². The van der Waals surface area contributed by atoms with Crippen molar-refractivity contribution in [2.45, 2.75) is 47.0 Å². The van der Waals surface area contributed by atoms with Crippen LogP contribution in [0, 0.1) is 25.1 Å². The fraction of sp³-hybridized carbons (Fsp3) is 0.294. The molecule has 0 aliphatic heterocycles. The van der Waals surface area contributed by atoms with Gasteiger partial charge in [0.15, 0.2) is 0 Å². The first-order valence-corrected chi connectivity index (χ1v) is 13.2. The number of anilines is 1. The maximum absolute atomic E-state index is 13.5. The van der Waals surface area contributed by atoms with Gasteiger partial charge in [0.25, 0.3) is 0 Å². The first-order valence-electron chi connectivity index (χ1n) is 13.2. The van der Waals surface area contributed by atoms with E-state index in [0.717, 1.165) is 54.9 Å². The maximum atomic E-state index is 13.5. The highest BCUT2D eigenvalue weighted by atomic mass is 19.1. The van der Waals surface area contributed by atoms with Crippen LogP contribution in [0.25, 0.3) is 0 Å². The van der Waals surface area contributed by atoms with E-state index in [-0.39, 0.29) is 11.2 Å². The molecule has 0 bridgehead atoms. The van der Waals surface area contributed by atoms with Crippen LogP contribution in [0.5, 0.6) is 0 Å². The van der Waals surface area contributed by atoms with Crippen molar-refractivity contribution < 1.29 is 4.39 Å². The topological polar surface area (TPSA) is 24.1 Å². The molecule has 0 amide bonds. The summed E-state index contributed by atoms with van der Waals surface area (Å²) in [4.78, 5) is 0. The average molecular weight is 497 g/mol. The van der Waals surface area contributed by atoms with Gasteiger partial charge >= 0.3 is 0 Å². The lowest BCUT2D eigenvalue weighted by atomic mass is 9.63. The molecule has 0 saturated heterocycles. The lowest BCUT2D eigenvalue weighted by molar-refractivity contribution is 0.414. The largest absolute Gasteiger partial charge is 0.356 e. The molecule has 1 aliphatic rings. The maximum Gasteiger partial charge on any atom is 0.123 e. The zero-order chi connectivity index (χ0) is 26.8. The molecule has 1 atom stereocenters. The van der Waals surface area contributed by atoms with E-state index in [4.69, 9.17) is 0 Å². The second-order valence-electron chi connectivity index (χ2n) is 9.91. The summed E-state index contributed by atoms with van der Waals surface area (Å²) < 4.78 is 13.5. The van der Waals surface area contributed by atoms with Crippen molar-refractivity contribution in [1.82, 2.24) is 5.32 Å². The summed E-state index contributed by atoms with van der Waals surface area (Å²) in [7, 11) is 0. The minimum absolute atomic E-state index is 0.238. The van der Waals surface area contributed by atoms with E-state index in [1.807, 2.05) is 25.2 Å². The predicted octanol–water partition coefficient (Wildman–Crippen LogP) is 8.54. The summed E-state index contributed by atoms with van der Waals surface area (Å²) in [5.74, 6) is -0.238. The van der Waals surface area contributed by atoms with Crippen LogP contribution >= 0.6 is 0 Å². The second kappa shape index (κ2) is 13.2. The number of rotatable bonds is 12. The summed E-state index contributed by atoms with van der Waals surface area (Å²) in [6.45, 7) is 19.3. The Morgan fingerprint density at radius 2 is 1.76 bits per heavy atom. The van der Waals surface area contributed by atoms with E-state index in [2.05, 4.69) is 81.0 Å². The van der Waals surface area contributed by atoms with Crippen molar-refractivity contribution in [3.05, 3.63) is 137 Å².